The van der Waals surface area contributed by atoms with Crippen LogP contribution in [-0.2, 0) is 25.9 Å². The third kappa shape index (κ3) is 4.77. The molecule has 0 radical (unpaired) electrons. The minimum atomic E-state index is -0.0667. The summed E-state index contributed by atoms with van der Waals surface area (Å²) >= 11 is 3.42. The Morgan fingerprint density at radius 2 is 2.00 bits per heavy atom. The number of carbonyl (C=O) groups excluding carboxylic acids is 1. The summed E-state index contributed by atoms with van der Waals surface area (Å²) in [5, 5.41) is 7.15. The standard InChI is InChI=1S/C21H23N3O2S2/c1-14-23-16(13-27-14)12-26-17-8-6-15(7-9-17)21(25)22-11-10-20-24-18-4-2-3-5-19(18)28-20/h6-9,13H,2-5,10-12H2,1H3,(H,22,25). The predicted octanol–water partition coefficient (Wildman–Crippen LogP) is 4.34. The number of hydrogen-bond donors (Lipinski definition) is 1. The van der Waals surface area contributed by atoms with Gasteiger partial charge in [0.1, 0.15) is 12.4 Å². The third-order valence-corrected chi connectivity index (χ3v) is 6.72. The molecule has 146 valence electrons. The van der Waals surface area contributed by atoms with Crippen LogP contribution in [0.3, 0.4) is 0 Å². The maximum atomic E-state index is 12.3. The molecule has 5 nitrogen and oxygen atoms in total. The largest absolute Gasteiger partial charge is 0.487 e. The molecule has 4 rings (SSSR count). The van der Waals surface area contributed by atoms with E-state index in [4.69, 9.17) is 9.72 Å². The molecule has 0 bridgehead atoms. The molecule has 7 heteroatoms. The normalized spacial score (nSPS) is 13.2. The molecule has 1 N–H and O–H groups in total. The van der Waals surface area contributed by atoms with E-state index >= 15 is 0 Å². The van der Waals surface area contributed by atoms with Crippen molar-refractivity contribution in [3.63, 3.8) is 0 Å². The molecule has 28 heavy (non-hydrogen) atoms. The molecule has 0 atom stereocenters. The molecule has 1 aliphatic carbocycles. The number of rotatable bonds is 7. The Labute approximate surface area is 172 Å². The van der Waals surface area contributed by atoms with Gasteiger partial charge >= 0.3 is 0 Å². The highest BCUT2D eigenvalue weighted by Crippen LogP contribution is 2.26. The fourth-order valence-corrected chi connectivity index (χ4v) is 4.99. The zero-order chi connectivity index (χ0) is 19.3. The number of thiazole rings is 2. The number of hydrogen-bond acceptors (Lipinski definition) is 6. The molecular formula is C21H23N3O2S2. The Kier molecular flexibility index (Phi) is 6.02. The van der Waals surface area contributed by atoms with E-state index < -0.39 is 0 Å². The summed E-state index contributed by atoms with van der Waals surface area (Å²) in [4.78, 5) is 22.9. The Bertz CT molecular complexity index is 923. The van der Waals surface area contributed by atoms with Gasteiger partial charge in [-0.05, 0) is 56.9 Å². The number of aromatic nitrogens is 2. The number of amides is 1. The first-order chi connectivity index (χ1) is 13.7. The second-order valence-corrected chi connectivity index (χ2v) is 9.09. The van der Waals surface area contributed by atoms with Gasteiger partial charge in [-0.2, -0.15) is 0 Å². The summed E-state index contributed by atoms with van der Waals surface area (Å²) < 4.78 is 5.72. The lowest BCUT2D eigenvalue weighted by Crippen LogP contribution is -2.25. The fourth-order valence-electron chi connectivity index (χ4n) is 3.23. The molecule has 1 amide bonds. The summed E-state index contributed by atoms with van der Waals surface area (Å²) in [6.07, 6.45) is 5.58. The molecular weight excluding hydrogens is 390 g/mol. The van der Waals surface area contributed by atoms with Gasteiger partial charge in [0.25, 0.3) is 5.91 Å². The molecule has 1 aliphatic rings. The molecule has 3 aromatic rings. The number of ether oxygens (including phenoxy) is 1. The number of fused-ring (bicyclic) bond motifs is 1. The Balaban J connectivity index is 1.24. The van der Waals surface area contributed by atoms with Gasteiger partial charge in [0.05, 0.1) is 21.4 Å². The first kappa shape index (κ1) is 19.1. The van der Waals surface area contributed by atoms with Gasteiger partial charge in [-0.25, -0.2) is 9.97 Å². The molecule has 0 spiro atoms. The Morgan fingerprint density at radius 1 is 1.18 bits per heavy atom. The van der Waals surface area contributed by atoms with Gasteiger partial charge in [0.15, 0.2) is 0 Å². The van der Waals surface area contributed by atoms with Crippen molar-refractivity contribution in [2.45, 2.75) is 45.6 Å². The van der Waals surface area contributed by atoms with E-state index in [2.05, 4.69) is 10.3 Å². The quantitative estimate of drug-likeness (QED) is 0.626. The van der Waals surface area contributed by atoms with E-state index in [0.29, 0.717) is 18.7 Å². The van der Waals surface area contributed by atoms with Crippen LogP contribution in [-0.4, -0.2) is 22.4 Å². The molecule has 0 fully saturated rings. The van der Waals surface area contributed by atoms with E-state index in [1.54, 1.807) is 34.8 Å². The lowest BCUT2D eigenvalue weighted by Gasteiger charge is -2.07. The number of aryl methyl sites for hydroxylation is 3. The van der Waals surface area contributed by atoms with Crippen LogP contribution in [0.25, 0.3) is 0 Å². The van der Waals surface area contributed by atoms with Crippen LogP contribution in [0.5, 0.6) is 5.75 Å². The van der Waals surface area contributed by atoms with Crippen molar-refractivity contribution in [3.05, 3.63) is 61.5 Å². The Hall–Kier alpha value is -2.25. The summed E-state index contributed by atoms with van der Waals surface area (Å²) in [5.41, 5.74) is 2.84. The molecule has 0 unspecified atom stereocenters. The highest BCUT2D eigenvalue weighted by Gasteiger charge is 2.15. The second kappa shape index (κ2) is 8.84. The average molecular weight is 414 g/mol. The van der Waals surface area contributed by atoms with Gasteiger partial charge in [0.2, 0.25) is 0 Å². The van der Waals surface area contributed by atoms with Crippen LogP contribution >= 0.6 is 22.7 Å². The van der Waals surface area contributed by atoms with Crippen molar-refractivity contribution in [1.82, 2.24) is 15.3 Å². The zero-order valence-corrected chi connectivity index (χ0v) is 17.5. The van der Waals surface area contributed by atoms with E-state index in [1.807, 2.05) is 24.4 Å². The van der Waals surface area contributed by atoms with Gasteiger partial charge in [-0.3, -0.25) is 4.79 Å². The van der Waals surface area contributed by atoms with Crippen molar-refractivity contribution >= 4 is 28.6 Å². The van der Waals surface area contributed by atoms with Crippen LogP contribution in [0.15, 0.2) is 29.6 Å². The third-order valence-electron chi connectivity index (χ3n) is 4.68. The number of carbonyl (C=O) groups is 1. The minimum absolute atomic E-state index is 0.0667. The first-order valence-electron chi connectivity index (χ1n) is 9.57. The van der Waals surface area contributed by atoms with Gasteiger partial charge in [0, 0.05) is 28.8 Å². The van der Waals surface area contributed by atoms with Crippen molar-refractivity contribution in [3.8, 4) is 5.75 Å². The predicted molar refractivity (Wildman–Crippen MR) is 112 cm³/mol. The van der Waals surface area contributed by atoms with Crippen molar-refractivity contribution < 1.29 is 9.53 Å². The van der Waals surface area contributed by atoms with E-state index in [0.717, 1.165) is 40.7 Å². The van der Waals surface area contributed by atoms with Crippen LogP contribution in [0.4, 0.5) is 0 Å². The van der Waals surface area contributed by atoms with E-state index in [-0.39, 0.29) is 5.91 Å². The number of nitrogens with one attached hydrogen (secondary N) is 1. The van der Waals surface area contributed by atoms with Crippen molar-refractivity contribution in [1.29, 1.82) is 0 Å². The van der Waals surface area contributed by atoms with Gasteiger partial charge in [-0.1, -0.05) is 0 Å². The SMILES string of the molecule is Cc1nc(COc2ccc(C(=O)NCCc3nc4c(s3)CCCC4)cc2)cs1. The lowest BCUT2D eigenvalue weighted by molar-refractivity contribution is 0.0954. The van der Waals surface area contributed by atoms with Crippen LogP contribution in [0.2, 0.25) is 0 Å². The van der Waals surface area contributed by atoms with E-state index in [1.165, 1.54) is 23.4 Å². The molecule has 0 aliphatic heterocycles. The molecule has 0 saturated carbocycles. The summed E-state index contributed by atoms with van der Waals surface area (Å²) in [6.45, 7) is 3.02. The van der Waals surface area contributed by atoms with Crippen LogP contribution in [0.1, 0.15) is 49.5 Å². The maximum Gasteiger partial charge on any atom is 0.251 e. The monoisotopic (exact) mass is 413 g/mol. The highest BCUT2D eigenvalue weighted by molar-refractivity contribution is 7.11. The van der Waals surface area contributed by atoms with Gasteiger partial charge < -0.3 is 10.1 Å². The average Bonchev–Trinajstić information content (AvgIpc) is 3.32. The number of nitrogens with zero attached hydrogens (tertiary/aromatic N) is 2. The van der Waals surface area contributed by atoms with Crippen molar-refractivity contribution in [2.24, 2.45) is 0 Å². The molecule has 2 aromatic heterocycles. The van der Waals surface area contributed by atoms with Crippen LogP contribution < -0.4 is 10.1 Å². The fraction of sp³-hybridized carbons (Fsp3) is 0.381. The minimum Gasteiger partial charge on any atom is -0.487 e. The first-order valence-corrected chi connectivity index (χ1v) is 11.3. The zero-order valence-electron chi connectivity index (χ0n) is 15.9. The molecule has 1 aromatic carbocycles. The topological polar surface area (TPSA) is 64.1 Å². The molecule has 0 saturated heterocycles. The smallest absolute Gasteiger partial charge is 0.251 e. The summed E-state index contributed by atoms with van der Waals surface area (Å²) in [5.74, 6) is 0.665. The Morgan fingerprint density at radius 3 is 2.75 bits per heavy atom. The summed E-state index contributed by atoms with van der Waals surface area (Å²) in [7, 11) is 0. The lowest BCUT2D eigenvalue weighted by atomic mass is 10.0. The van der Waals surface area contributed by atoms with Gasteiger partial charge in [-0.15, -0.1) is 22.7 Å². The second-order valence-electron chi connectivity index (χ2n) is 6.86. The number of benzene rings is 1. The maximum absolute atomic E-state index is 12.3. The molecule has 2 heterocycles. The van der Waals surface area contributed by atoms with Crippen LogP contribution in [0, 0.1) is 6.92 Å². The summed E-state index contributed by atoms with van der Waals surface area (Å²) in [6, 6.07) is 7.23. The van der Waals surface area contributed by atoms with E-state index in [9.17, 15) is 4.79 Å². The van der Waals surface area contributed by atoms with Crippen molar-refractivity contribution in [2.75, 3.05) is 6.54 Å². The highest BCUT2D eigenvalue weighted by atomic mass is 32.1.